The molecule has 0 N–H and O–H groups in total. The maximum Gasteiger partial charge on any atom is 0.151 e. The van der Waals surface area contributed by atoms with Gasteiger partial charge in [-0.25, -0.2) is 0 Å². The summed E-state index contributed by atoms with van der Waals surface area (Å²) < 4.78 is 13.8. The molecular formula is C24H31N3O2. The highest BCUT2D eigenvalue weighted by atomic mass is 16.5. The number of ether oxygens (including phenoxy) is 1. The van der Waals surface area contributed by atoms with Crippen LogP contribution in [0.15, 0.2) is 35.0 Å². The molecule has 3 aromatic rings. The third-order valence-corrected chi connectivity index (χ3v) is 6.67. The normalized spacial score (nSPS) is 18.7. The maximum absolute atomic E-state index is 5.73. The van der Waals surface area contributed by atoms with Gasteiger partial charge in [0, 0.05) is 29.8 Å². The van der Waals surface area contributed by atoms with Crippen molar-refractivity contribution in [3.63, 3.8) is 0 Å². The zero-order valence-electron chi connectivity index (χ0n) is 17.4. The van der Waals surface area contributed by atoms with Crippen molar-refractivity contribution in [2.24, 2.45) is 5.92 Å². The number of nitrogens with zero attached hydrogens (tertiary/aromatic N) is 3. The summed E-state index contributed by atoms with van der Waals surface area (Å²) >= 11 is 0. The molecule has 29 heavy (non-hydrogen) atoms. The van der Waals surface area contributed by atoms with E-state index in [0.717, 1.165) is 54.9 Å². The van der Waals surface area contributed by atoms with Gasteiger partial charge in [-0.3, -0.25) is 4.90 Å². The van der Waals surface area contributed by atoms with E-state index in [2.05, 4.69) is 45.1 Å². The van der Waals surface area contributed by atoms with Gasteiger partial charge in [0.1, 0.15) is 11.4 Å². The van der Waals surface area contributed by atoms with Crippen molar-refractivity contribution in [3.05, 3.63) is 36.2 Å². The molecule has 0 amide bonds. The van der Waals surface area contributed by atoms with Gasteiger partial charge in [-0.2, -0.15) is 0 Å². The number of likely N-dealkylation sites (tertiary alicyclic amines) is 1. The number of methoxy groups -OCH3 is 1. The molecule has 3 heterocycles. The molecule has 0 atom stereocenters. The van der Waals surface area contributed by atoms with Crippen LogP contribution in [0.4, 0.5) is 0 Å². The third-order valence-electron chi connectivity index (χ3n) is 6.67. The predicted molar refractivity (Wildman–Crippen MR) is 115 cm³/mol. The first-order chi connectivity index (χ1) is 14.3. The molecule has 5 rings (SSSR count). The van der Waals surface area contributed by atoms with Crippen LogP contribution < -0.4 is 4.74 Å². The highest BCUT2D eigenvalue weighted by Gasteiger charge is 2.21. The Hall–Kier alpha value is -2.27. The fourth-order valence-corrected chi connectivity index (χ4v) is 5.16. The summed E-state index contributed by atoms with van der Waals surface area (Å²) in [7, 11) is 1.76. The second-order valence-electron chi connectivity index (χ2n) is 8.72. The quantitative estimate of drug-likeness (QED) is 0.556. The van der Waals surface area contributed by atoms with Crippen LogP contribution in [-0.4, -0.2) is 34.8 Å². The molecule has 5 heteroatoms. The van der Waals surface area contributed by atoms with Crippen LogP contribution in [-0.2, 0) is 13.1 Å². The van der Waals surface area contributed by atoms with E-state index < -0.39 is 0 Å². The number of para-hydroxylation sites is 1. The average Bonchev–Trinajstić information content (AvgIpc) is 3.50. The summed E-state index contributed by atoms with van der Waals surface area (Å²) in [6.45, 7) is 4.23. The number of hydrogen-bond acceptors (Lipinski definition) is 4. The van der Waals surface area contributed by atoms with Crippen LogP contribution in [0.3, 0.4) is 0 Å². The minimum Gasteiger partial charge on any atom is -0.495 e. The number of fused-ring (bicyclic) bond motifs is 1. The van der Waals surface area contributed by atoms with E-state index in [1.54, 1.807) is 7.11 Å². The Bertz CT molecular complexity index is 962. The predicted octanol–water partition coefficient (Wildman–Crippen LogP) is 5.48. The van der Waals surface area contributed by atoms with E-state index in [4.69, 9.17) is 9.26 Å². The molecule has 154 valence electrons. The Kier molecular flexibility index (Phi) is 5.32. The first kappa shape index (κ1) is 18.7. The number of aromatic nitrogens is 2. The molecule has 0 radical (unpaired) electrons. The Morgan fingerprint density at radius 1 is 1.10 bits per heavy atom. The van der Waals surface area contributed by atoms with Gasteiger partial charge in [-0.1, -0.05) is 36.6 Å². The molecule has 0 bridgehead atoms. The smallest absolute Gasteiger partial charge is 0.151 e. The third kappa shape index (κ3) is 3.80. The topological polar surface area (TPSA) is 43.4 Å². The lowest BCUT2D eigenvalue weighted by molar-refractivity contribution is 0.274. The monoisotopic (exact) mass is 393 g/mol. The van der Waals surface area contributed by atoms with Crippen LogP contribution in [0, 0.1) is 5.92 Å². The second-order valence-corrected chi connectivity index (χ2v) is 8.72. The Labute approximate surface area is 172 Å². The molecule has 1 saturated carbocycles. The Morgan fingerprint density at radius 3 is 2.72 bits per heavy atom. The summed E-state index contributed by atoms with van der Waals surface area (Å²) in [6.07, 6.45) is 11.6. The van der Waals surface area contributed by atoms with Crippen molar-refractivity contribution in [2.45, 2.75) is 58.0 Å². The van der Waals surface area contributed by atoms with Gasteiger partial charge < -0.3 is 13.8 Å². The highest BCUT2D eigenvalue weighted by molar-refractivity contribution is 5.98. The maximum atomic E-state index is 5.73. The van der Waals surface area contributed by atoms with Crippen molar-refractivity contribution in [2.75, 3.05) is 20.2 Å². The van der Waals surface area contributed by atoms with Gasteiger partial charge in [0.05, 0.1) is 19.2 Å². The first-order valence-corrected chi connectivity index (χ1v) is 11.2. The van der Waals surface area contributed by atoms with Gasteiger partial charge in [0.25, 0.3) is 0 Å². The van der Waals surface area contributed by atoms with Crippen LogP contribution in [0.2, 0.25) is 0 Å². The average molecular weight is 394 g/mol. The van der Waals surface area contributed by atoms with E-state index in [9.17, 15) is 0 Å². The molecule has 2 aromatic heterocycles. The van der Waals surface area contributed by atoms with Gasteiger partial charge in [0.15, 0.2) is 5.76 Å². The molecule has 0 spiro atoms. The van der Waals surface area contributed by atoms with Crippen LogP contribution >= 0.6 is 0 Å². The lowest BCUT2D eigenvalue weighted by atomic mass is 9.89. The zero-order valence-corrected chi connectivity index (χ0v) is 17.4. The molecule has 1 aliphatic heterocycles. The SMILES string of the molecule is COc1cccc2c(-c3cc(CN4CCCC4)on3)cn(CC3CCCCC3)c12. The van der Waals surface area contributed by atoms with E-state index in [1.807, 2.05) is 0 Å². The number of rotatable bonds is 6. The van der Waals surface area contributed by atoms with Gasteiger partial charge in [-0.05, 0) is 50.8 Å². The van der Waals surface area contributed by atoms with Crippen molar-refractivity contribution in [1.29, 1.82) is 0 Å². The molecular weight excluding hydrogens is 362 g/mol. The minimum absolute atomic E-state index is 0.750. The van der Waals surface area contributed by atoms with E-state index in [0.29, 0.717) is 0 Å². The largest absolute Gasteiger partial charge is 0.495 e. The summed E-state index contributed by atoms with van der Waals surface area (Å²) in [6, 6.07) is 8.43. The number of benzene rings is 1. The molecule has 1 aromatic carbocycles. The lowest BCUT2D eigenvalue weighted by Crippen LogP contribution is -2.17. The molecule has 1 aliphatic carbocycles. The van der Waals surface area contributed by atoms with Crippen LogP contribution in [0.5, 0.6) is 5.75 Å². The molecule has 5 nitrogen and oxygen atoms in total. The van der Waals surface area contributed by atoms with Gasteiger partial charge in [0.2, 0.25) is 0 Å². The summed E-state index contributed by atoms with van der Waals surface area (Å²) in [5.41, 5.74) is 3.26. The molecule has 0 unspecified atom stereocenters. The molecule has 1 saturated heterocycles. The highest BCUT2D eigenvalue weighted by Crippen LogP contribution is 2.37. The van der Waals surface area contributed by atoms with Crippen LogP contribution in [0.1, 0.15) is 50.7 Å². The van der Waals surface area contributed by atoms with Crippen molar-refractivity contribution in [3.8, 4) is 17.0 Å². The summed E-state index contributed by atoms with van der Waals surface area (Å²) in [5.74, 6) is 2.64. The van der Waals surface area contributed by atoms with Gasteiger partial charge >= 0.3 is 0 Å². The van der Waals surface area contributed by atoms with Gasteiger partial charge in [-0.15, -0.1) is 0 Å². The van der Waals surface area contributed by atoms with Crippen LogP contribution in [0.25, 0.3) is 22.2 Å². The standard InChI is InChI=1S/C24H31N3O2/c1-28-23-11-7-10-20-21(17-27(24(20)23)15-18-8-3-2-4-9-18)22-14-19(29-25-22)16-26-12-5-6-13-26/h7,10-11,14,17-18H,2-6,8-9,12-13,15-16H2,1H3. The second kappa shape index (κ2) is 8.23. The molecule has 2 fully saturated rings. The zero-order chi connectivity index (χ0) is 19.6. The molecule has 2 aliphatic rings. The fraction of sp³-hybridized carbons (Fsp3) is 0.542. The Morgan fingerprint density at radius 2 is 1.93 bits per heavy atom. The summed E-state index contributed by atoms with van der Waals surface area (Å²) in [4.78, 5) is 2.44. The van der Waals surface area contributed by atoms with Crippen molar-refractivity contribution >= 4 is 10.9 Å². The fourth-order valence-electron chi connectivity index (χ4n) is 5.16. The van der Waals surface area contributed by atoms with E-state index in [1.165, 1.54) is 55.8 Å². The minimum atomic E-state index is 0.750. The Balaban J connectivity index is 1.49. The van der Waals surface area contributed by atoms with Crippen molar-refractivity contribution < 1.29 is 9.26 Å². The van der Waals surface area contributed by atoms with Crippen molar-refractivity contribution in [1.82, 2.24) is 14.6 Å². The number of hydrogen-bond donors (Lipinski definition) is 0. The first-order valence-electron chi connectivity index (χ1n) is 11.2. The van der Waals surface area contributed by atoms with E-state index >= 15 is 0 Å². The summed E-state index contributed by atoms with van der Waals surface area (Å²) in [5, 5.41) is 5.63. The van der Waals surface area contributed by atoms with E-state index in [-0.39, 0.29) is 0 Å². The lowest BCUT2D eigenvalue weighted by Gasteiger charge is -2.22.